The minimum Gasteiger partial charge on any atom is -0.480 e. The quantitative estimate of drug-likeness (QED) is 0.640. The third kappa shape index (κ3) is 3.62. The maximum Gasteiger partial charge on any atom is 0.329 e. The zero-order valence-electron chi connectivity index (χ0n) is 13.5. The van der Waals surface area contributed by atoms with Crippen molar-refractivity contribution in [2.24, 2.45) is 0 Å². The summed E-state index contributed by atoms with van der Waals surface area (Å²) >= 11 is 0. The lowest BCUT2D eigenvalue weighted by atomic mass is 10.1. The van der Waals surface area contributed by atoms with Gasteiger partial charge in [-0.1, -0.05) is 6.07 Å². The molecule has 0 saturated carbocycles. The summed E-state index contributed by atoms with van der Waals surface area (Å²) in [5.41, 5.74) is 0.867. The van der Waals surface area contributed by atoms with Gasteiger partial charge in [-0.25, -0.2) is 14.1 Å². The summed E-state index contributed by atoms with van der Waals surface area (Å²) in [5.74, 6) is -2.43. The number of hydrogen-bond acceptors (Lipinski definition) is 4. The molecular formula is C17H18FN3O4. The Labute approximate surface area is 143 Å². The number of hydrogen-bond donors (Lipinski definition) is 2. The number of amides is 3. The summed E-state index contributed by atoms with van der Waals surface area (Å²) in [6.07, 6.45) is 4.55. The lowest BCUT2D eigenvalue weighted by Gasteiger charge is -2.29. The molecule has 25 heavy (non-hydrogen) atoms. The fourth-order valence-electron chi connectivity index (χ4n) is 3.02. The Bertz CT molecular complexity index is 756. The highest BCUT2D eigenvalue weighted by Gasteiger charge is 2.34. The summed E-state index contributed by atoms with van der Waals surface area (Å²) in [7, 11) is 0. The number of carbonyl (C=O) groups is 3. The Hall–Kier alpha value is -2.90. The second-order valence-corrected chi connectivity index (χ2v) is 6.03. The van der Waals surface area contributed by atoms with E-state index in [1.165, 1.54) is 12.1 Å². The average Bonchev–Trinajstić information content (AvgIpc) is 2.83. The van der Waals surface area contributed by atoms with Gasteiger partial charge in [-0.3, -0.25) is 9.59 Å². The molecule has 2 aliphatic heterocycles. The number of imide groups is 1. The lowest BCUT2D eigenvalue weighted by molar-refractivity contribution is -0.140. The molecule has 0 aromatic heterocycles. The van der Waals surface area contributed by atoms with Crippen molar-refractivity contribution in [1.29, 1.82) is 0 Å². The Balaban J connectivity index is 1.79. The van der Waals surface area contributed by atoms with Gasteiger partial charge >= 0.3 is 12.0 Å². The first-order chi connectivity index (χ1) is 12.0. The number of nitrogens with zero attached hydrogens (tertiary/aromatic N) is 2. The fraction of sp³-hybridized carbons (Fsp3) is 0.353. The number of piperidine rings is 1. The molecule has 0 unspecified atom stereocenters. The van der Waals surface area contributed by atoms with Crippen LogP contribution in [-0.4, -0.2) is 47.5 Å². The van der Waals surface area contributed by atoms with Gasteiger partial charge in [0.1, 0.15) is 18.1 Å². The van der Waals surface area contributed by atoms with Gasteiger partial charge in [0.2, 0.25) is 0 Å². The Morgan fingerprint density at radius 2 is 1.96 bits per heavy atom. The van der Waals surface area contributed by atoms with Crippen LogP contribution < -0.4 is 10.2 Å². The number of rotatable bonds is 4. The number of aliphatic carboxylic acids is 1. The zero-order chi connectivity index (χ0) is 18.0. The summed E-state index contributed by atoms with van der Waals surface area (Å²) in [6.45, 7) is 0.913. The van der Waals surface area contributed by atoms with Crippen LogP contribution in [0.15, 0.2) is 23.9 Å². The van der Waals surface area contributed by atoms with Crippen LogP contribution in [0.4, 0.5) is 14.9 Å². The monoisotopic (exact) mass is 347 g/mol. The molecule has 3 amide bonds. The standard InChI is InChI=1S/C17H18FN3O4/c18-12-8-11(4-5-14(12)20-6-2-1-3-7-20)9-13-16(24)21(10-15(22)23)17(25)19-13/h4-5,8-9H,1-3,6-7,10H2,(H,19,25)(H,22,23)/b13-9+. The fourth-order valence-corrected chi connectivity index (χ4v) is 3.02. The molecule has 2 heterocycles. The number of benzene rings is 1. The second-order valence-electron chi connectivity index (χ2n) is 6.03. The van der Waals surface area contributed by atoms with Crippen molar-refractivity contribution in [3.05, 3.63) is 35.3 Å². The predicted octanol–water partition coefficient (Wildman–Crippen LogP) is 1.79. The largest absolute Gasteiger partial charge is 0.480 e. The topological polar surface area (TPSA) is 89.9 Å². The third-order valence-electron chi connectivity index (χ3n) is 4.24. The highest BCUT2D eigenvalue weighted by atomic mass is 19.1. The normalized spacial score (nSPS) is 19.5. The van der Waals surface area contributed by atoms with Crippen LogP contribution in [0, 0.1) is 5.82 Å². The minimum absolute atomic E-state index is 0.0728. The van der Waals surface area contributed by atoms with E-state index in [4.69, 9.17) is 5.11 Å². The highest BCUT2D eigenvalue weighted by Crippen LogP contribution is 2.25. The van der Waals surface area contributed by atoms with Gasteiger partial charge in [0, 0.05) is 13.1 Å². The smallest absolute Gasteiger partial charge is 0.329 e. The van der Waals surface area contributed by atoms with E-state index in [9.17, 15) is 18.8 Å². The van der Waals surface area contributed by atoms with E-state index in [-0.39, 0.29) is 5.70 Å². The van der Waals surface area contributed by atoms with Crippen LogP contribution in [0.3, 0.4) is 0 Å². The molecule has 0 atom stereocenters. The van der Waals surface area contributed by atoms with Crippen LogP contribution in [-0.2, 0) is 9.59 Å². The SMILES string of the molecule is O=C(O)CN1C(=O)N/C(=C/c2ccc(N3CCCCC3)c(F)c2)C1=O. The maximum atomic E-state index is 14.4. The number of carboxylic acids is 1. The van der Waals surface area contributed by atoms with E-state index in [2.05, 4.69) is 5.32 Å². The van der Waals surface area contributed by atoms with Crippen molar-refractivity contribution in [3.63, 3.8) is 0 Å². The molecule has 0 spiro atoms. The first-order valence-electron chi connectivity index (χ1n) is 8.06. The molecule has 0 radical (unpaired) electrons. The van der Waals surface area contributed by atoms with E-state index in [1.54, 1.807) is 12.1 Å². The number of anilines is 1. The van der Waals surface area contributed by atoms with Crippen LogP contribution >= 0.6 is 0 Å². The van der Waals surface area contributed by atoms with Gasteiger partial charge in [0.05, 0.1) is 5.69 Å². The number of carboxylic acid groups (broad SMARTS) is 1. The van der Waals surface area contributed by atoms with E-state index in [1.807, 2.05) is 4.90 Å². The summed E-state index contributed by atoms with van der Waals surface area (Å²) < 4.78 is 14.4. The summed E-state index contributed by atoms with van der Waals surface area (Å²) in [6, 6.07) is 3.82. The third-order valence-corrected chi connectivity index (χ3v) is 4.24. The molecule has 0 aliphatic carbocycles. The first-order valence-corrected chi connectivity index (χ1v) is 8.06. The zero-order valence-corrected chi connectivity index (χ0v) is 13.5. The molecule has 0 bridgehead atoms. The number of carbonyl (C=O) groups excluding carboxylic acids is 2. The van der Waals surface area contributed by atoms with Crippen molar-refractivity contribution in [2.45, 2.75) is 19.3 Å². The van der Waals surface area contributed by atoms with Crippen molar-refractivity contribution < 1.29 is 23.9 Å². The van der Waals surface area contributed by atoms with Crippen molar-refractivity contribution in [1.82, 2.24) is 10.2 Å². The van der Waals surface area contributed by atoms with Gasteiger partial charge in [-0.2, -0.15) is 0 Å². The average molecular weight is 347 g/mol. The molecule has 2 fully saturated rings. The highest BCUT2D eigenvalue weighted by molar-refractivity contribution is 6.15. The molecule has 2 aliphatic rings. The lowest BCUT2D eigenvalue weighted by Crippen LogP contribution is -2.35. The van der Waals surface area contributed by atoms with Gasteiger partial charge < -0.3 is 15.3 Å². The molecule has 8 heteroatoms. The van der Waals surface area contributed by atoms with Crippen LogP contribution in [0.5, 0.6) is 0 Å². The first kappa shape index (κ1) is 16.9. The number of nitrogens with one attached hydrogen (secondary N) is 1. The van der Waals surface area contributed by atoms with Crippen LogP contribution in [0.2, 0.25) is 0 Å². The van der Waals surface area contributed by atoms with E-state index >= 15 is 0 Å². The van der Waals surface area contributed by atoms with Gasteiger partial charge in [0.25, 0.3) is 5.91 Å². The van der Waals surface area contributed by atoms with E-state index < -0.39 is 30.3 Å². The molecule has 2 saturated heterocycles. The summed E-state index contributed by atoms with van der Waals surface area (Å²) in [4.78, 5) is 37.0. The molecule has 3 rings (SSSR count). The minimum atomic E-state index is -1.29. The molecule has 7 nitrogen and oxygen atoms in total. The van der Waals surface area contributed by atoms with E-state index in [0.29, 0.717) is 16.2 Å². The molecular weight excluding hydrogens is 329 g/mol. The molecule has 132 valence electrons. The Morgan fingerprint density at radius 1 is 1.24 bits per heavy atom. The number of halogens is 1. The molecule has 1 aromatic rings. The number of urea groups is 1. The van der Waals surface area contributed by atoms with Gasteiger partial charge in [-0.05, 0) is 43.0 Å². The Kier molecular flexibility index (Phi) is 4.69. The molecule has 1 aromatic carbocycles. The van der Waals surface area contributed by atoms with Crippen LogP contribution in [0.25, 0.3) is 6.08 Å². The van der Waals surface area contributed by atoms with Crippen molar-refractivity contribution in [2.75, 3.05) is 24.5 Å². The van der Waals surface area contributed by atoms with Crippen molar-refractivity contribution in [3.8, 4) is 0 Å². The maximum absolute atomic E-state index is 14.4. The predicted molar refractivity (Wildman–Crippen MR) is 88.3 cm³/mol. The van der Waals surface area contributed by atoms with Gasteiger partial charge in [-0.15, -0.1) is 0 Å². The molecule has 2 N–H and O–H groups in total. The van der Waals surface area contributed by atoms with Gasteiger partial charge in [0.15, 0.2) is 0 Å². The second kappa shape index (κ2) is 6.92. The van der Waals surface area contributed by atoms with Crippen LogP contribution in [0.1, 0.15) is 24.8 Å². The van der Waals surface area contributed by atoms with E-state index in [0.717, 1.165) is 32.4 Å². The summed E-state index contributed by atoms with van der Waals surface area (Å²) in [5, 5.41) is 11.0. The van der Waals surface area contributed by atoms with Crippen molar-refractivity contribution >= 4 is 29.7 Å². The Morgan fingerprint density at radius 3 is 2.60 bits per heavy atom.